The lowest BCUT2D eigenvalue weighted by molar-refractivity contribution is -0.138. The molecule has 204 valence electrons. The van der Waals surface area contributed by atoms with Crippen molar-refractivity contribution in [2.45, 2.75) is 84.3 Å². The van der Waals surface area contributed by atoms with Crippen LogP contribution in [0.25, 0.3) is 0 Å². The first-order valence-corrected chi connectivity index (χ1v) is 13.8. The van der Waals surface area contributed by atoms with E-state index in [1.807, 2.05) is 45.0 Å². The third-order valence-electron chi connectivity index (χ3n) is 7.57. The molecule has 2 fully saturated rings. The second kappa shape index (κ2) is 12.6. The zero-order chi connectivity index (χ0) is 27.3. The molecular weight excluding hydrogens is 468 g/mol. The first kappa shape index (κ1) is 28.7. The van der Waals surface area contributed by atoms with Gasteiger partial charge in [-0.3, -0.25) is 19.2 Å². The van der Waals surface area contributed by atoms with Crippen LogP contribution in [0.5, 0.6) is 0 Å². The zero-order valence-corrected chi connectivity index (χ0v) is 23.3. The van der Waals surface area contributed by atoms with Gasteiger partial charge in [-0.15, -0.1) is 0 Å². The first-order valence-electron chi connectivity index (χ1n) is 13.8. The first-order chi connectivity index (χ1) is 17.6. The summed E-state index contributed by atoms with van der Waals surface area (Å²) in [6.07, 6.45) is 4.54. The van der Waals surface area contributed by atoms with Gasteiger partial charge in [0.15, 0.2) is 5.78 Å². The maximum absolute atomic E-state index is 13.7. The molecule has 3 amide bonds. The Kier molecular flexibility index (Phi) is 9.74. The zero-order valence-electron chi connectivity index (χ0n) is 23.3. The summed E-state index contributed by atoms with van der Waals surface area (Å²) in [5.74, 6) is -0.475. The second-order valence-corrected chi connectivity index (χ2v) is 11.1. The summed E-state index contributed by atoms with van der Waals surface area (Å²) in [5.41, 5.74) is 1.46. The quantitative estimate of drug-likeness (QED) is 0.490. The molecule has 0 radical (unpaired) electrons. The maximum atomic E-state index is 13.7. The highest BCUT2D eigenvalue weighted by Crippen LogP contribution is 2.33. The van der Waals surface area contributed by atoms with E-state index in [0.29, 0.717) is 24.9 Å². The number of ketones is 1. The van der Waals surface area contributed by atoms with Crippen LogP contribution in [-0.4, -0.2) is 78.6 Å². The van der Waals surface area contributed by atoms with Gasteiger partial charge >= 0.3 is 0 Å². The van der Waals surface area contributed by atoms with E-state index in [4.69, 9.17) is 0 Å². The van der Waals surface area contributed by atoms with Crippen molar-refractivity contribution < 1.29 is 19.2 Å². The highest BCUT2D eigenvalue weighted by molar-refractivity contribution is 6.01. The van der Waals surface area contributed by atoms with Crippen molar-refractivity contribution in [2.24, 2.45) is 11.8 Å². The van der Waals surface area contributed by atoms with Gasteiger partial charge in [-0.2, -0.15) is 0 Å². The Balaban J connectivity index is 1.75. The third-order valence-corrected chi connectivity index (χ3v) is 7.57. The molecule has 3 atom stereocenters. The van der Waals surface area contributed by atoms with Crippen LogP contribution in [0.3, 0.4) is 0 Å². The molecule has 2 heterocycles. The highest BCUT2D eigenvalue weighted by Gasteiger charge is 2.52. The van der Waals surface area contributed by atoms with Gasteiger partial charge in [0, 0.05) is 37.8 Å². The Morgan fingerprint density at radius 1 is 1.00 bits per heavy atom. The van der Waals surface area contributed by atoms with Gasteiger partial charge in [-0.25, -0.2) is 0 Å². The third kappa shape index (κ3) is 6.51. The lowest BCUT2D eigenvalue weighted by Crippen LogP contribution is -2.53. The molecular formula is C29H44N4O4. The molecule has 0 aromatic heterocycles. The van der Waals surface area contributed by atoms with E-state index in [0.717, 1.165) is 31.4 Å². The molecule has 2 aliphatic rings. The molecule has 1 N–H and O–H groups in total. The number of likely N-dealkylation sites (tertiary alicyclic amines) is 2. The van der Waals surface area contributed by atoms with Gasteiger partial charge in [0.05, 0.1) is 12.6 Å². The summed E-state index contributed by atoms with van der Waals surface area (Å²) in [6.45, 7) is 8.65. The van der Waals surface area contributed by atoms with Crippen molar-refractivity contribution in [1.29, 1.82) is 0 Å². The van der Waals surface area contributed by atoms with Gasteiger partial charge in [-0.1, -0.05) is 40.5 Å². The van der Waals surface area contributed by atoms with Crippen LogP contribution in [0.1, 0.15) is 76.6 Å². The van der Waals surface area contributed by atoms with Gasteiger partial charge < -0.3 is 20.0 Å². The van der Waals surface area contributed by atoms with Crippen LogP contribution < -0.4 is 10.2 Å². The number of nitrogens with zero attached hydrogens (tertiary/aromatic N) is 3. The van der Waals surface area contributed by atoms with E-state index in [-0.39, 0.29) is 47.9 Å². The van der Waals surface area contributed by atoms with Crippen molar-refractivity contribution in [3.8, 4) is 0 Å². The van der Waals surface area contributed by atoms with Gasteiger partial charge in [0.1, 0.15) is 12.1 Å². The summed E-state index contributed by atoms with van der Waals surface area (Å²) in [6, 6.07) is 5.62. The Morgan fingerprint density at radius 2 is 1.62 bits per heavy atom. The van der Waals surface area contributed by atoms with Crippen LogP contribution in [0.15, 0.2) is 24.3 Å². The molecule has 0 bridgehead atoms. The number of hydrogen-bond donors (Lipinski definition) is 1. The fourth-order valence-corrected chi connectivity index (χ4v) is 5.73. The van der Waals surface area contributed by atoms with E-state index >= 15 is 0 Å². The number of nitrogens with one attached hydrogen (secondary N) is 1. The van der Waals surface area contributed by atoms with Crippen molar-refractivity contribution in [2.75, 3.05) is 32.1 Å². The summed E-state index contributed by atoms with van der Waals surface area (Å²) in [7, 11) is 3.87. The normalized spacial score (nSPS) is 19.9. The van der Waals surface area contributed by atoms with E-state index in [9.17, 15) is 19.2 Å². The van der Waals surface area contributed by atoms with Crippen molar-refractivity contribution >= 4 is 29.2 Å². The topological polar surface area (TPSA) is 90.0 Å². The molecule has 1 aromatic rings. The van der Waals surface area contributed by atoms with Gasteiger partial charge in [-0.05, 0) is 55.9 Å². The number of hydrogen-bond acceptors (Lipinski definition) is 5. The molecule has 3 rings (SSSR count). The molecule has 37 heavy (non-hydrogen) atoms. The van der Waals surface area contributed by atoms with Crippen LogP contribution in [0, 0.1) is 11.8 Å². The summed E-state index contributed by atoms with van der Waals surface area (Å²) in [4.78, 5) is 58.6. The second-order valence-electron chi connectivity index (χ2n) is 11.1. The fourth-order valence-electron chi connectivity index (χ4n) is 5.73. The molecule has 8 nitrogen and oxygen atoms in total. The minimum absolute atomic E-state index is 0.0482. The molecule has 1 unspecified atom stereocenters. The van der Waals surface area contributed by atoms with Crippen LogP contribution >= 0.6 is 0 Å². The lowest BCUT2D eigenvalue weighted by Gasteiger charge is -2.30. The van der Waals surface area contributed by atoms with E-state index in [1.165, 1.54) is 0 Å². The molecule has 8 heteroatoms. The number of carbonyl (C=O) groups excluding carboxylic acids is 4. The Labute approximate surface area is 221 Å². The highest BCUT2D eigenvalue weighted by atomic mass is 16.2. The molecule has 2 saturated heterocycles. The average Bonchev–Trinajstić information content (AvgIpc) is 3.43. The van der Waals surface area contributed by atoms with Crippen molar-refractivity contribution in [3.05, 3.63) is 29.8 Å². The number of Topliss-reactive ketones (excluding diaryl/α,β-unsaturated/α-hetero) is 1. The monoisotopic (exact) mass is 512 g/mol. The molecule has 0 spiro atoms. The number of carbonyl (C=O) groups is 4. The number of benzene rings is 1. The molecule has 1 aromatic carbocycles. The Morgan fingerprint density at radius 3 is 2.16 bits per heavy atom. The summed E-state index contributed by atoms with van der Waals surface area (Å²) in [5, 5.41) is 2.93. The SMILES string of the molecule is CCCC(CCC)C(=O)N1CC(=O)[C@@H]2C1CCN2C(=O)[C@H](CC(C)C)NC(=O)c1ccc(N(C)C)cc1. The standard InChI is InChI=1S/C29H44N4O4/c1-7-9-21(10-8-2)28(36)33-18-25(34)26-24(33)15-16-32(26)29(37)23(17-19(3)4)30-27(35)20-11-13-22(14-12-20)31(5)6/h11-14,19,21,23-24,26H,7-10,15-18H2,1-6H3,(H,30,35)/t23-,24?,26-/m0/s1. The van der Waals surface area contributed by atoms with E-state index < -0.39 is 12.1 Å². The lowest BCUT2D eigenvalue weighted by atomic mass is 9.96. The summed E-state index contributed by atoms with van der Waals surface area (Å²) >= 11 is 0. The predicted molar refractivity (Wildman–Crippen MR) is 145 cm³/mol. The number of fused-ring (bicyclic) bond motifs is 1. The Bertz CT molecular complexity index is 969. The smallest absolute Gasteiger partial charge is 0.251 e. The van der Waals surface area contributed by atoms with E-state index in [2.05, 4.69) is 19.2 Å². The summed E-state index contributed by atoms with van der Waals surface area (Å²) < 4.78 is 0. The molecule has 0 aliphatic carbocycles. The maximum Gasteiger partial charge on any atom is 0.251 e. The minimum atomic E-state index is -0.731. The minimum Gasteiger partial charge on any atom is -0.378 e. The predicted octanol–water partition coefficient (Wildman–Crippen LogP) is 3.49. The van der Waals surface area contributed by atoms with Crippen LogP contribution in [0.2, 0.25) is 0 Å². The van der Waals surface area contributed by atoms with Crippen LogP contribution in [-0.2, 0) is 14.4 Å². The largest absolute Gasteiger partial charge is 0.378 e. The van der Waals surface area contributed by atoms with Crippen molar-refractivity contribution in [1.82, 2.24) is 15.1 Å². The van der Waals surface area contributed by atoms with Gasteiger partial charge in [0.25, 0.3) is 5.91 Å². The number of anilines is 1. The number of amides is 3. The fraction of sp³-hybridized carbons (Fsp3) is 0.655. The average molecular weight is 513 g/mol. The molecule has 0 saturated carbocycles. The number of rotatable bonds is 11. The van der Waals surface area contributed by atoms with E-state index in [1.54, 1.807) is 21.9 Å². The molecule has 2 aliphatic heterocycles. The van der Waals surface area contributed by atoms with Crippen LogP contribution in [0.4, 0.5) is 5.69 Å². The Hall–Kier alpha value is -2.90. The van der Waals surface area contributed by atoms with Gasteiger partial charge in [0.2, 0.25) is 11.8 Å². The van der Waals surface area contributed by atoms with Crippen molar-refractivity contribution in [3.63, 3.8) is 0 Å².